The van der Waals surface area contributed by atoms with E-state index in [2.05, 4.69) is 183 Å². The van der Waals surface area contributed by atoms with Crippen LogP contribution in [0.25, 0.3) is 0 Å². The van der Waals surface area contributed by atoms with Crippen molar-refractivity contribution in [3.63, 3.8) is 0 Å². The van der Waals surface area contributed by atoms with Gasteiger partial charge in [0.05, 0.1) is 11.1 Å². The number of anilines is 4. The van der Waals surface area contributed by atoms with Crippen molar-refractivity contribution in [1.29, 1.82) is 0 Å². The summed E-state index contributed by atoms with van der Waals surface area (Å²) < 4.78 is 0. The van der Waals surface area contributed by atoms with Crippen LogP contribution in [-0.4, -0.2) is 0 Å². The van der Waals surface area contributed by atoms with E-state index < -0.39 is 0 Å². The van der Waals surface area contributed by atoms with E-state index in [4.69, 9.17) is 0 Å². The minimum Gasteiger partial charge on any atom is -0.331 e. The van der Waals surface area contributed by atoms with Crippen LogP contribution in [0.5, 0.6) is 0 Å². The number of benzene rings is 5. The third-order valence-corrected chi connectivity index (χ3v) is 8.88. The largest absolute Gasteiger partial charge is 0.331 e. The Kier molecular flexibility index (Phi) is 8.59. The van der Waals surface area contributed by atoms with E-state index in [0.717, 1.165) is 19.3 Å². The van der Waals surface area contributed by atoms with Crippen LogP contribution in [0.4, 0.5) is 22.7 Å². The van der Waals surface area contributed by atoms with Gasteiger partial charge in [0.1, 0.15) is 0 Å². The standard InChI is InChI=1S/C39H42N2/c1-5-38(4,40(34-20-12-8-13-21-34)35-22-14-9-15-23-35)32-28-30-33(31-29-32)39(6-2,7-3)41(36-24-16-10-17-25-36)37-26-18-11-19-27-37/h8-31H,5-7H2,1-4H3. The molecule has 0 saturated carbocycles. The van der Waals surface area contributed by atoms with Crippen molar-refractivity contribution in [2.45, 2.75) is 58.0 Å². The SMILES string of the molecule is CCC(C)(c1ccc(C(CC)(CC)N(c2ccccc2)c2ccccc2)cc1)N(c1ccccc1)c1ccccc1. The third kappa shape index (κ3) is 5.39. The molecule has 0 spiro atoms. The van der Waals surface area contributed by atoms with Crippen LogP contribution in [0.1, 0.15) is 58.1 Å². The minimum absolute atomic E-state index is 0.192. The summed E-state index contributed by atoms with van der Waals surface area (Å²) in [5.41, 5.74) is 7.04. The van der Waals surface area contributed by atoms with Crippen molar-refractivity contribution >= 4 is 22.7 Å². The van der Waals surface area contributed by atoms with Gasteiger partial charge in [-0.3, -0.25) is 0 Å². The van der Waals surface area contributed by atoms with E-state index in [9.17, 15) is 0 Å². The third-order valence-electron chi connectivity index (χ3n) is 8.88. The van der Waals surface area contributed by atoms with Crippen molar-refractivity contribution < 1.29 is 0 Å². The van der Waals surface area contributed by atoms with Crippen LogP contribution in [0.3, 0.4) is 0 Å². The Morgan fingerprint density at radius 1 is 0.390 bits per heavy atom. The van der Waals surface area contributed by atoms with Crippen LogP contribution >= 0.6 is 0 Å². The smallest absolute Gasteiger partial charge is 0.0697 e. The molecular weight excluding hydrogens is 496 g/mol. The molecule has 1 unspecified atom stereocenters. The summed E-state index contributed by atoms with van der Waals surface area (Å²) in [6, 6.07) is 52.7. The normalized spacial score (nSPS) is 12.9. The molecule has 208 valence electrons. The highest BCUT2D eigenvalue weighted by Gasteiger charge is 2.38. The quantitative estimate of drug-likeness (QED) is 0.165. The molecule has 0 aliphatic carbocycles. The Morgan fingerprint density at radius 2 is 0.707 bits per heavy atom. The molecule has 5 rings (SSSR count). The fourth-order valence-corrected chi connectivity index (χ4v) is 6.40. The monoisotopic (exact) mass is 538 g/mol. The molecule has 5 aromatic rings. The summed E-state index contributed by atoms with van der Waals surface area (Å²) in [6.45, 7) is 9.30. The first-order valence-corrected chi connectivity index (χ1v) is 15.0. The first-order valence-electron chi connectivity index (χ1n) is 15.0. The summed E-state index contributed by atoms with van der Waals surface area (Å²) >= 11 is 0. The molecule has 2 nitrogen and oxygen atoms in total. The Bertz CT molecular complexity index is 1400. The number of hydrogen-bond donors (Lipinski definition) is 0. The second kappa shape index (κ2) is 12.5. The average Bonchev–Trinajstić information content (AvgIpc) is 3.05. The molecule has 0 N–H and O–H groups in total. The highest BCUT2D eigenvalue weighted by molar-refractivity contribution is 5.68. The zero-order valence-corrected chi connectivity index (χ0v) is 24.9. The van der Waals surface area contributed by atoms with Gasteiger partial charge in [0.25, 0.3) is 0 Å². The highest BCUT2D eigenvalue weighted by atomic mass is 15.2. The van der Waals surface area contributed by atoms with Crippen molar-refractivity contribution in [3.8, 4) is 0 Å². The molecule has 0 radical (unpaired) electrons. The molecule has 0 aromatic heterocycles. The summed E-state index contributed by atoms with van der Waals surface area (Å²) in [4.78, 5) is 5.04. The van der Waals surface area contributed by atoms with Crippen LogP contribution in [0.15, 0.2) is 146 Å². The summed E-state index contributed by atoms with van der Waals surface area (Å²) in [6.07, 6.45) is 2.93. The van der Waals surface area contributed by atoms with Gasteiger partial charge < -0.3 is 9.80 Å². The van der Waals surface area contributed by atoms with Gasteiger partial charge in [0, 0.05) is 22.7 Å². The van der Waals surface area contributed by atoms with Crippen LogP contribution in [0.2, 0.25) is 0 Å². The molecule has 0 heterocycles. The van der Waals surface area contributed by atoms with Gasteiger partial charge in [-0.05, 0) is 85.8 Å². The Morgan fingerprint density at radius 3 is 1.02 bits per heavy atom. The number of rotatable bonds is 11. The summed E-state index contributed by atoms with van der Waals surface area (Å²) in [5, 5.41) is 0. The molecule has 0 amide bonds. The second-order valence-corrected chi connectivity index (χ2v) is 11.0. The summed E-state index contributed by atoms with van der Waals surface area (Å²) in [5.74, 6) is 0. The van der Waals surface area contributed by atoms with E-state index in [1.54, 1.807) is 0 Å². The maximum atomic E-state index is 2.54. The molecule has 0 aliphatic rings. The molecule has 1 atom stereocenters. The van der Waals surface area contributed by atoms with E-state index in [1.165, 1.54) is 33.9 Å². The Labute approximate surface area is 246 Å². The topological polar surface area (TPSA) is 6.48 Å². The zero-order chi connectivity index (χ0) is 28.7. The lowest BCUT2D eigenvalue weighted by atomic mass is 9.79. The fraction of sp³-hybridized carbons (Fsp3) is 0.231. The second-order valence-electron chi connectivity index (χ2n) is 11.0. The molecule has 5 aromatic carbocycles. The van der Waals surface area contributed by atoms with Gasteiger partial charge >= 0.3 is 0 Å². The lowest BCUT2D eigenvalue weighted by Gasteiger charge is -2.46. The number of hydrogen-bond acceptors (Lipinski definition) is 2. The van der Waals surface area contributed by atoms with E-state index in [1.807, 2.05) is 0 Å². The number of nitrogens with zero attached hydrogens (tertiary/aromatic N) is 2. The molecule has 0 saturated heterocycles. The molecule has 0 bridgehead atoms. The molecule has 41 heavy (non-hydrogen) atoms. The van der Waals surface area contributed by atoms with Crippen LogP contribution < -0.4 is 9.80 Å². The zero-order valence-electron chi connectivity index (χ0n) is 24.9. The van der Waals surface area contributed by atoms with Crippen molar-refractivity contribution in [3.05, 3.63) is 157 Å². The van der Waals surface area contributed by atoms with Crippen molar-refractivity contribution in [2.24, 2.45) is 0 Å². The van der Waals surface area contributed by atoms with Crippen molar-refractivity contribution in [2.75, 3.05) is 9.80 Å². The van der Waals surface area contributed by atoms with E-state index in [0.29, 0.717) is 0 Å². The molecule has 2 heteroatoms. The van der Waals surface area contributed by atoms with Gasteiger partial charge in [-0.15, -0.1) is 0 Å². The first kappa shape index (κ1) is 28.2. The number of para-hydroxylation sites is 4. The predicted octanol–water partition coefficient (Wildman–Crippen LogP) is 11.0. The van der Waals surface area contributed by atoms with Gasteiger partial charge in [-0.1, -0.05) is 118 Å². The molecular formula is C39H42N2. The lowest BCUT2D eigenvalue weighted by molar-refractivity contribution is 0.402. The Hall–Kier alpha value is -4.30. The average molecular weight is 539 g/mol. The van der Waals surface area contributed by atoms with E-state index >= 15 is 0 Å². The van der Waals surface area contributed by atoms with E-state index in [-0.39, 0.29) is 11.1 Å². The van der Waals surface area contributed by atoms with Gasteiger partial charge in [0.15, 0.2) is 0 Å². The first-order chi connectivity index (χ1) is 20.1. The summed E-state index contributed by atoms with van der Waals surface area (Å²) in [7, 11) is 0. The Balaban J connectivity index is 1.62. The fourth-order valence-electron chi connectivity index (χ4n) is 6.40. The van der Waals surface area contributed by atoms with Gasteiger partial charge in [0.2, 0.25) is 0 Å². The van der Waals surface area contributed by atoms with Gasteiger partial charge in [-0.25, -0.2) is 0 Å². The highest BCUT2D eigenvalue weighted by Crippen LogP contribution is 2.46. The lowest BCUT2D eigenvalue weighted by Crippen LogP contribution is -2.43. The molecule has 0 fully saturated rings. The van der Waals surface area contributed by atoms with Crippen LogP contribution in [0, 0.1) is 0 Å². The predicted molar refractivity (Wildman–Crippen MR) is 176 cm³/mol. The maximum Gasteiger partial charge on any atom is 0.0697 e. The van der Waals surface area contributed by atoms with Crippen LogP contribution in [-0.2, 0) is 11.1 Å². The van der Waals surface area contributed by atoms with Crippen molar-refractivity contribution in [1.82, 2.24) is 0 Å². The maximum absolute atomic E-state index is 2.54. The van der Waals surface area contributed by atoms with Gasteiger partial charge in [-0.2, -0.15) is 0 Å². The minimum atomic E-state index is -0.235. The molecule has 0 aliphatic heterocycles.